The molecule has 0 fully saturated rings. The zero-order valence-corrected chi connectivity index (χ0v) is 15.2. The van der Waals surface area contributed by atoms with E-state index in [0.29, 0.717) is 31.5 Å². The summed E-state index contributed by atoms with van der Waals surface area (Å²) in [6.07, 6.45) is 4.11. The molecule has 0 saturated heterocycles. The fraction of sp³-hybridized carbons (Fsp3) is 0.238. The van der Waals surface area contributed by atoms with Crippen LogP contribution in [0.2, 0.25) is 0 Å². The quantitative estimate of drug-likeness (QED) is 0.663. The number of rotatable bonds is 8. The summed E-state index contributed by atoms with van der Waals surface area (Å²) in [5, 5.41) is 2.59. The first-order valence-electron chi connectivity index (χ1n) is 8.79. The van der Waals surface area contributed by atoms with Crippen LogP contribution in [0.25, 0.3) is 0 Å². The first-order chi connectivity index (χ1) is 13.2. The van der Waals surface area contributed by atoms with Gasteiger partial charge >= 0.3 is 0 Å². The van der Waals surface area contributed by atoms with Crippen LogP contribution in [0.3, 0.4) is 0 Å². The van der Waals surface area contributed by atoms with Crippen LogP contribution in [0.15, 0.2) is 69.9 Å². The summed E-state index contributed by atoms with van der Waals surface area (Å²) in [5.74, 6) is 1.39. The Morgan fingerprint density at radius 1 is 0.926 bits per heavy atom. The lowest BCUT2D eigenvalue weighted by Crippen LogP contribution is -2.30. The number of carbonyl (C=O) groups is 2. The summed E-state index contributed by atoms with van der Waals surface area (Å²) in [6.45, 7) is 0.826. The molecule has 0 aliphatic rings. The predicted molar refractivity (Wildman–Crippen MR) is 99.8 cm³/mol. The maximum Gasteiger partial charge on any atom is 0.251 e. The molecule has 1 N–H and O–H groups in total. The molecule has 2 heterocycles. The summed E-state index contributed by atoms with van der Waals surface area (Å²) in [7, 11) is 1.60. The Hall–Kier alpha value is -3.28. The fourth-order valence-corrected chi connectivity index (χ4v) is 2.79. The molecular formula is C21H22N2O4. The number of nitrogens with one attached hydrogen (secondary N) is 1. The van der Waals surface area contributed by atoms with Gasteiger partial charge in [-0.25, -0.2) is 0 Å². The molecule has 2 aromatic heterocycles. The third-order valence-electron chi connectivity index (χ3n) is 4.26. The van der Waals surface area contributed by atoms with Gasteiger partial charge in [-0.3, -0.25) is 9.59 Å². The zero-order valence-electron chi connectivity index (χ0n) is 15.2. The van der Waals surface area contributed by atoms with Crippen molar-refractivity contribution in [3.63, 3.8) is 0 Å². The van der Waals surface area contributed by atoms with Crippen LogP contribution in [-0.2, 0) is 24.3 Å². The van der Waals surface area contributed by atoms with E-state index in [1.54, 1.807) is 42.7 Å². The van der Waals surface area contributed by atoms with Crippen LogP contribution >= 0.6 is 0 Å². The minimum absolute atomic E-state index is 0.0122. The Bertz CT molecular complexity index is 852. The molecule has 6 heteroatoms. The molecule has 0 spiro atoms. The molecule has 140 valence electrons. The van der Waals surface area contributed by atoms with Gasteiger partial charge in [0.2, 0.25) is 5.91 Å². The average molecular weight is 366 g/mol. The molecule has 0 atom stereocenters. The van der Waals surface area contributed by atoms with E-state index >= 15 is 0 Å². The van der Waals surface area contributed by atoms with E-state index in [1.807, 2.05) is 30.3 Å². The number of aryl methyl sites for hydroxylation is 1. The number of hydrogen-bond donors (Lipinski definition) is 1. The molecule has 6 nitrogen and oxygen atoms in total. The highest BCUT2D eigenvalue weighted by Crippen LogP contribution is 2.14. The SMILES string of the molecule is CNC(=O)c1ccc(CN(Cc2ccco2)C(=O)CCc2ccco2)cc1. The maximum atomic E-state index is 12.8. The second kappa shape index (κ2) is 8.89. The highest BCUT2D eigenvalue weighted by atomic mass is 16.3. The van der Waals surface area contributed by atoms with Gasteiger partial charge in [0, 0.05) is 32.0 Å². The van der Waals surface area contributed by atoms with Crippen LogP contribution in [0, 0.1) is 0 Å². The monoisotopic (exact) mass is 366 g/mol. The summed E-state index contributed by atoms with van der Waals surface area (Å²) in [5.41, 5.74) is 1.53. The molecule has 3 rings (SSSR count). The van der Waals surface area contributed by atoms with Crippen molar-refractivity contribution in [3.05, 3.63) is 83.7 Å². The van der Waals surface area contributed by atoms with E-state index < -0.39 is 0 Å². The van der Waals surface area contributed by atoms with E-state index in [-0.39, 0.29) is 11.8 Å². The van der Waals surface area contributed by atoms with Crippen molar-refractivity contribution in [1.82, 2.24) is 10.2 Å². The van der Waals surface area contributed by atoms with Crippen LogP contribution in [0.4, 0.5) is 0 Å². The Labute approximate surface area is 157 Å². The lowest BCUT2D eigenvalue weighted by Gasteiger charge is -2.22. The minimum Gasteiger partial charge on any atom is -0.469 e. The Morgan fingerprint density at radius 3 is 2.19 bits per heavy atom. The second-order valence-corrected chi connectivity index (χ2v) is 6.18. The molecule has 1 aromatic carbocycles. The van der Waals surface area contributed by atoms with Crippen molar-refractivity contribution in [2.45, 2.75) is 25.9 Å². The largest absolute Gasteiger partial charge is 0.469 e. The lowest BCUT2D eigenvalue weighted by atomic mass is 10.1. The first kappa shape index (κ1) is 18.5. The van der Waals surface area contributed by atoms with E-state index in [4.69, 9.17) is 8.83 Å². The predicted octanol–water partition coefficient (Wildman–Crippen LogP) is 3.39. The van der Waals surface area contributed by atoms with Gasteiger partial charge in [0.15, 0.2) is 0 Å². The molecule has 0 radical (unpaired) electrons. The molecule has 0 bridgehead atoms. The van der Waals surface area contributed by atoms with Gasteiger partial charge in [-0.1, -0.05) is 12.1 Å². The van der Waals surface area contributed by atoms with Crippen molar-refractivity contribution in [2.24, 2.45) is 0 Å². The number of furan rings is 2. The summed E-state index contributed by atoms with van der Waals surface area (Å²) in [4.78, 5) is 26.2. The minimum atomic E-state index is -0.136. The first-order valence-corrected chi connectivity index (χ1v) is 8.79. The maximum absolute atomic E-state index is 12.8. The van der Waals surface area contributed by atoms with Crippen molar-refractivity contribution in [2.75, 3.05) is 7.05 Å². The summed E-state index contributed by atoms with van der Waals surface area (Å²) >= 11 is 0. The van der Waals surface area contributed by atoms with Crippen molar-refractivity contribution < 1.29 is 18.4 Å². The normalized spacial score (nSPS) is 10.6. The summed E-state index contributed by atoms with van der Waals surface area (Å²) < 4.78 is 10.7. The van der Waals surface area contributed by atoms with E-state index in [9.17, 15) is 9.59 Å². The van der Waals surface area contributed by atoms with Crippen molar-refractivity contribution >= 4 is 11.8 Å². The van der Waals surface area contributed by atoms with Gasteiger partial charge < -0.3 is 19.1 Å². The van der Waals surface area contributed by atoms with Gasteiger partial charge in [-0.05, 0) is 42.0 Å². The number of benzene rings is 1. The number of hydrogen-bond acceptors (Lipinski definition) is 4. The van der Waals surface area contributed by atoms with Crippen molar-refractivity contribution in [3.8, 4) is 0 Å². The zero-order chi connectivity index (χ0) is 19.1. The fourth-order valence-electron chi connectivity index (χ4n) is 2.79. The molecule has 2 amide bonds. The van der Waals surface area contributed by atoms with Crippen LogP contribution in [-0.4, -0.2) is 23.8 Å². The van der Waals surface area contributed by atoms with E-state index in [2.05, 4.69) is 5.32 Å². The molecule has 27 heavy (non-hydrogen) atoms. The third kappa shape index (κ3) is 5.10. The lowest BCUT2D eigenvalue weighted by molar-refractivity contribution is -0.132. The van der Waals surface area contributed by atoms with Crippen molar-refractivity contribution in [1.29, 1.82) is 0 Å². The number of nitrogens with zero attached hydrogens (tertiary/aromatic N) is 1. The average Bonchev–Trinajstić information content (AvgIpc) is 3.39. The highest BCUT2D eigenvalue weighted by Gasteiger charge is 2.17. The summed E-state index contributed by atoms with van der Waals surface area (Å²) in [6, 6.07) is 14.6. The smallest absolute Gasteiger partial charge is 0.251 e. The molecule has 0 unspecified atom stereocenters. The van der Waals surface area contributed by atoms with Gasteiger partial charge in [0.1, 0.15) is 11.5 Å². The molecule has 3 aromatic rings. The van der Waals surface area contributed by atoms with E-state index in [1.165, 1.54) is 0 Å². The molecule has 0 saturated carbocycles. The van der Waals surface area contributed by atoms with Crippen LogP contribution in [0.5, 0.6) is 0 Å². The molecule has 0 aliphatic heterocycles. The molecular weight excluding hydrogens is 344 g/mol. The second-order valence-electron chi connectivity index (χ2n) is 6.18. The van der Waals surface area contributed by atoms with E-state index in [0.717, 1.165) is 17.1 Å². The third-order valence-corrected chi connectivity index (χ3v) is 4.26. The van der Waals surface area contributed by atoms with Gasteiger partial charge in [-0.2, -0.15) is 0 Å². The Balaban J connectivity index is 1.69. The van der Waals surface area contributed by atoms with Crippen LogP contribution in [0.1, 0.15) is 33.9 Å². The topological polar surface area (TPSA) is 75.7 Å². The number of amides is 2. The Morgan fingerprint density at radius 2 is 1.59 bits per heavy atom. The van der Waals surface area contributed by atoms with Gasteiger partial charge in [0.05, 0.1) is 19.1 Å². The number of carbonyl (C=O) groups excluding carboxylic acids is 2. The highest BCUT2D eigenvalue weighted by molar-refractivity contribution is 5.93. The molecule has 0 aliphatic carbocycles. The standard InChI is InChI=1S/C21H22N2O4/c1-22-21(25)17-8-6-16(7-9-17)14-23(15-19-5-3-13-27-19)20(24)11-10-18-4-2-12-26-18/h2-9,12-13H,10-11,14-15H2,1H3,(H,22,25). The van der Waals surface area contributed by atoms with Crippen LogP contribution < -0.4 is 5.32 Å². The van der Waals surface area contributed by atoms with Gasteiger partial charge in [-0.15, -0.1) is 0 Å². The Kier molecular flexibility index (Phi) is 6.10. The van der Waals surface area contributed by atoms with Gasteiger partial charge in [0.25, 0.3) is 5.91 Å².